The predicted molar refractivity (Wildman–Crippen MR) is 64.8 cm³/mol. The maximum atomic E-state index is 10.8. The van der Waals surface area contributed by atoms with E-state index >= 15 is 0 Å². The SMILES string of the molecule is O=[N+]([O-])c1cc(Cl)cnc1NCC1(O)CCOC1. The second-order valence-corrected chi connectivity index (χ2v) is 4.60. The van der Waals surface area contributed by atoms with E-state index in [1.807, 2.05) is 0 Å². The van der Waals surface area contributed by atoms with Gasteiger partial charge in [-0.2, -0.15) is 0 Å². The summed E-state index contributed by atoms with van der Waals surface area (Å²) in [6.45, 7) is 0.832. The lowest BCUT2D eigenvalue weighted by Crippen LogP contribution is -2.37. The van der Waals surface area contributed by atoms with Crippen LogP contribution in [-0.2, 0) is 4.74 Å². The van der Waals surface area contributed by atoms with Crippen molar-refractivity contribution in [3.05, 3.63) is 27.4 Å². The molecular weight excluding hydrogens is 262 g/mol. The fourth-order valence-electron chi connectivity index (χ4n) is 1.69. The summed E-state index contributed by atoms with van der Waals surface area (Å²) in [5.41, 5.74) is -1.22. The first-order valence-electron chi connectivity index (χ1n) is 5.34. The molecule has 18 heavy (non-hydrogen) atoms. The normalized spacial score (nSPS) is 23.0. The van der Waals surface area contributed by atoms with E-state index in [9.17, 15) is 15.2 Å². The number of aliphatic hydroxyl groups is 1. The molecule has 0 amide bonds. The Kier molecular flexibility index (Phi) is 3.65. The van der Waals surface area contributed by atoms with Gasteiger partial charge in [0.15, 0.2) is 0 Å². The number of halogens is 1. The molecule has 1 aromatic heterocycles. The van der Waals surface area contributed by atoms with Crippen molar-refractivity contribution >= 4 is 23.1 Å². The minimum absolute atomic E-state index is 0.0877. The standard InChI is InChI=1S/C10H12ClN3O4/c11-7-3-8(14(16)17)9(12-4-7)13-5-10(15)1-2-18-6-10/h3-4,15H,1-2,5-6H2,(H,12,13). The Bertz CT molecular complexity index is 462. The molecule has 0 aliphatic carbocycles. The van der Waals surface area contributed by atoms with Crippen LogP contribution in [0, 0.1) is 10.1 Å². The topological polar surface area (TPSA) is 97.5 Å². The summed E-state index contributed by atoms with van der Waals surface area (Å²) >= 11 is 5.65. The number of nitrogens with one attached hydrogen (secondary N) is 1. The molecule has 0 spiro atoms. The highest BCUT2D eigenvalue weighted by molar-refractivity contribution is 6.30. The van der Waals surface area contributed by atoms with Crippen molar-refractivity contribution in [3.63, 3.8) is 0 Å². The van der Waals surface area contributed by atoms with E-state index in [2.05, 4.69) is 10.3 Å². The van der Waals surface area contributed by atoms with E-state index in [0.29, 0.717) is 13.0 Å². The summed E-state index contributed by atoms with van der Waals surface area (Å²) in [6.07, 6.45) is 1.80. The van der Waals surface area contributed by atoms with Crippen molar-refractivity contribution in [1.29, 1.82) is 0 Å². The molecule has 0 radical (unpaired) electrons. The molecule has 1 aromatic rings. The molecule has 1 fully saturated rings. The molecule has 0 bridgehead atoms. The largest absolute Gasteiger partial charge is 0.386 e. The van der Waals surface area contributed by atoms with Gasteiger partial charge in [0.1, 0.15) is 5.60 Å². The minimum Gasteiger partial charge on any atom is -0.386 e. The van der Waals surface area contributed by atoms with Crippen molar-refractivity contribution in [1.82, 2.24) is 4.98 Å². The van der Waals surface area contributed by atoms with Crippen LogP contribution in [0.25, 0.3) is 0 Å². The molecule has 1 atom stereocenters. The number of hydrogen-bond donors (Lipinski definition) is 2. The fourth-order valence-corrected chi connectivity index (χ4v) is 1.84. The molecule has 1 saturated heterocycles. The first-order valence-corrected chi connectivity index (χ1v) is 5.72. The zero-order valence-corrected chi connectivity index (χ0v) is 10.2. The lowest BCUT2D eigenvalue weighted by molar-refractivity contribution is -0.384. The summed E-state index contributed by atoms with van der Waals surface area (Å²) in [7, 11) is 0. The Labute approximate surface area is 108 Å². The van der Waals surface area contributed by atoms with E-state index in [-0.39, 0.29) is 29.7 Å². The molecule has 2 N–H and O–H groups in total. The summed E-state index contributed by atoms with van der Waals surface area (Å²) in [6, 6.07) is 1.21. The second-order valence-electron chi connectivity index (χ2n) is 4.16. The summed E-state index contributed by atoms with van der Waals surface area (Å²) in [4.78, 5) is 14.1. The van der Waals surface area contributed by atoms with Crippen LogP contribution in [0.3, 0.4) is 0 Å². The van der Waals surface area contributed by atoms with Crippen molar-refractivity contribution in [2.75, 3.05) is 25.1 Å². The first-order chi connectivity index (χ1) is 8.50. The van der Waals surface area contributed by atoms with Crippen molar-refractivity contribution in [2.45, 2.75) is 12.0 Å². The molecule has 7 nitrogen and oxygen atoms in total. The third-order valence-corrected chi connectivity index (χ3v) is 2.90. The average molecular weight is 274 g/mol. The predicted octanol–water partition coefficient (Wildman–Crippen LogP) is 1.21. The lowest BCUT2D eigenvalue weighted by atomic mass is 10.0. The molecule has 2 rings (SSSR count). The van der Waals surface area contributed by atoms with E-state index in [1.54, 1.807) is 0 Å². The van der Waals surface area contributed by atoms with Crippen LogP contribution in [0.5, 0.6) is 0 Å². The monoisotopic (exact) mass is 273 g/mol. The van der Waals surface area contributed by atoms with E-state index in [1.165, 1.54) is 12.3 Å². The minimum atomic E-state index is -1.00. The van der Waals surface area contributed by atoms with E-state index in [0.717, 1.165) is 0 Å². The van der Waals surface area contributed by atoms with Crippen LogP contribution in [0.2, 0.25) is 5.02 Å². The molecular formula is C10H12ClN3O4. The highest BCUT2D eigenvalue weighted by atomic mass is 35.5. The highest BCUT2D eigenvalue weighted by Gasteiger charge is 2.32. The number of nitro groups is 1. The Morgan fingerprint density at radius 1 is 1.72 bits per heavy atom. The van der Waals surface area contributed by atoms with Gasteiger partial charge in [0.2, 0.25) is 5.82 Å². The van der Waals surface area contributed by atoms with Gasteiger partial charge in [-0.05, 0) is 0 Å². The van der Waals surface area contributed by atoms with Gasteiger partial charge in [-0.15, -0.1) is 0 Å². The van der Waals surface area contributed by atoms with Gasteiger partial charge in [0, 0.05) is 31.8 Å². The third-order valence-electron chi connectivity index (χ3n) is 2.70. The van der Waals surface area contributed by atoms with Gasteiger partial charge in [-0.25, -0.2) is 4.98 Å². The Morgan fingerprint density at radius 2 is 2.50 bits per heavy atom. The van der Waals surface area contributed by atoms with Gasteiger partial charge >= 0.3 is 5.69 Å². The summed E-state index contributed by atoms with van der Waals surface area (Å²) in [5, 5.41) is 23.8. The average Bonchev–Trinajstić information content (AvgIpc) is 2.75. The maximum Gasteiger partial charge on any atom is 0.312 e. The van der Waals surface area contributed by atoms with Gasteiger partial charge in [-0.1, -0.05) is 11.6 Å². The smallest absolute Gasteiger partial charge is 0.312 e. The van der Waals surface area contributed by atoms with Crippen LogP contribution < -0.4 is 5.32 Å². The molecule has 1 unspecified atom stereocenters. The Hall–Kier alpha value is -1.44. The number of anilines is 1. The van der Waals surface area contributed by atoms with E-state index < -0.39 is 10.5 Å². The van der Waals surface area contributed by atoms with Gasteiger partial charge in [-0.3, -0.25) is 10.1 Å². The number of nitrogens with zero attached hydrogens (tertiary/aromatic N) is 2. The molecule has 8 heteroatoms. The lowest BCUT2D eigenvalue weighted by Gasteiger charge is -2.20. The first kappa shape index (κ1) is 13.0. The third kappa shape index (κ3) is 2.87. The van der Waals surface area contributed by atoms with Crippen LogP contribution >= 0.6 is 11.6 Å². The molecule has 2 heterocycles. The maximum absolute atomic E-state index is 10.8. The van der Waals surface area contributed by atoms with E-state index in [4.69, 9.17) is 16.3 Å². The number of hydrogen-bond acceptors (Lipinski definition) is 6. The van der Waals surface area contributed by atoms with Crippen molar-refractivity contribution < 1.29 is 14.8 Å². The number of rotatable bonds is 4. The Balaban J connectivity index is 2.11. The number of pyridine rings is 1. The van der Waals surface area contributed by atoms with Crippen LogP contribution in [-0.4, -0.2) is 40.4 Å². The quantitative estimate of drug-likeness (QED) is 0.632. The fraction of sp³-hybridized carbons (Fsp3) is 0.500. The van der Waals surface area contributed by atoms with Gasteiger partial charge in [0.05, 0.1) is 16.6 Å². The van der Waals surface area contributed by atoms with Crippen LogP contribution in [0.15, 0.2) is 12.3 Å². The molecule has 1 aliphatic heterocycles. The van der Waals surface area contributed by atoms with Crippen LogP contribution in [0.4, 0.5) is 11.5 Å². The second kappa shape index (κ2) is 5.05. The zero-order valence-electron chi connectivity index (χ0n) is 9.43. The summed E-state index contributed by atoms with van der Waals surface area (Å²) in [5.74, 6) is 0.0877. The van der Waals surface area contributed by atoms with Crippen molar-refractivity contribution in [2.24, 2.45) is 0 Å². The highest BCUT2D eigenvalue weighted by Crippen LogP contribution is 2.26. The van der Waals surface area contributed by atoms with Crippen molar-refractivity contribution in [3.8, 4) is 0 Å². The number of ether oxygens (including phenoxy) is 1. The van der Waals surface area contributed by atoms with Crippen LogP contribution in [0.1, 0.15) is 6.42 Å². The van der Waals surface area contributed by atoms with Gasteiger partial charge < -0.3 is 15.2 Å². The molecule has 0 saturated carbocycles. The molecule has 1 aliphatic rings. The van der Waals surface area contributed by atoms with Gasteiger partial charge in [0.25, 0.3) is 0 Å². The zero-order chi connectivity index (χ0) is 13.2. The summed E-state index contributed by atoms with van der Waals surface area (Å²) < 4.78 is 5.08. The number of aromatic nitrogens is 1. The molecule has 0 aromatic carbocycles. The molecule has 98 valence electrons. The Morgan fingerprint density at radius 3 is 3.11 bits per heavy atom.